The number of nitrogens with one attached hydrogen (secondary N) is 2. The Morgan fingerprint density at radius 3 is 3.06 bits per heavy atom. The van der Waals surface area contributed by atoms with E-state index in [9.17, 15) is 0 Å². The predicted octanol–water partition coefficient (Wildman–Crippen LogP) is 3.18. The van der Waals surface area contributed by atoms with Crippen LogP contribution >= 0.6 is 11.6 Å². The molecule has 96 valence electrons. The molecule has 1 atom stereocenters. The second-order valence-electron chi connectivity index (χ2n) is 4.51. The van der Waals surface area contributed by atoms with E-state index in [1.54, 1.807) is 0 Å². The molecular weight excluding hydrogens is 246 g/mol. The van der Waals surface area contributed by atoms with E-state index in [-0.39, 0.29) is 0 Å². The standard InChI is InChI=1S/C14H18ClN3/c1-10-8-13(6-7-16-10)18-12-4-3-5-14(15)17-11(2)9-12/h4,6-10,16,18H,3,5H2,1-2H3. The van der Waals surface area contributed by atoms with E-state index in [0.29, 0.717) is 11.2 Å². The van der Waals surface area contributed by atoms with E-state index < -0.39 is 0 Å². The monoisotopic (exact) mass is 263 g/mol. The first kappa shape index (κ1) is 13.0. The first-order valence-electron chi connectivity index (χ1n) is 6.16. The van der Waals surface area contributed by atoms with E-state index in [2.05, 4.69) is 34.7 Å². The van der Waals surface area contributed by atoms with E-state index >= 15 is 0 Å². The van der Waals surface area contributed by atoms with E-state index in [1.807, 2.05) is 25.3 Å². The van der Waals surface area contributed by atoms with Gasteiger partial charge in [0.05, 0.1) is 0 Å². The van der Waals surface area contributed by atoms with Crippen LogP contribution in [0.25, 0.3) is 0 Å². The van der Waals surface area contributed by atoms with Crippen molar-refractivity contribution in [3.8, 4) is 0 Å². The van der Waals surface area contributed by atoms with E-state index in [1.165, 1.54) is 0 Å². The van der Waals surface area contributed by atoms with Gasteiger partial charge < -0.3 is 10.6 Å². The van der Waals surface area contributed by atoms with Crippen LogP contribution < -0.4 is 10.6 Å². The number of allylic oxidation sites excluding steroid dienone is 4. The molecule has 0 bridgehead atoms. The van der Waals surface area contributed by atoms with Crippen molar-refractivity contribution >= 4 is 16.8 Å². The lowest BCUT2D eigenvalue weighted by molar-refractivity contribution is 0.742. The van der Waals surface area contributed by atoms with Gasteiger partial charge in [0.2, 0.25) is 0 Å². The molecule has 0 spiro atoms. The minimum atomic E-state index is 0.351. The first-order valence-corrected chi connectivity index (χ1v) is 6.54. The summed E-state index contributed by atoms with van der Waals surface area (Å²) in [5.41, 5.74) is 3.10. The van der Waals surface area contributed by atoms with Gasteiger partial charge in [-0.05, 0) is 44.7 Å². The SMILES string of the molecule is CC1=CC(NC2=CC(C)NC=C2)=CCCC(Cl)=N1. The summed E-state index contributed by atoms with van der Waals surface area (Å²) >= 11 is 5.98. The fourth-order valence-electron chi connectivity index (χ4n) is 1.91. The summed E-state index contributed by atoms with van der Waals surface area (Å²) in [5.74, 6) is 0. The molecule has 0 saturated heterocycles. The normalized spacial score (nSPS) is 23.8. The molecule has 0 aliphatic carbocycles. The lowest BCUT2D eigenvalue weighted by Crippen LogP contribution is -2.24. The molecule has 0 amide bonds. The highest BCUT2D eigenvalue weighted by Crippen LogP contribution is 2.14. The van der Waals surface area contributed by atoms with Gasteiger partial charge in [0.1, 0.15) is 5.17 Å². The van der Waals surface area contributed by atoms with Crippen molar-refractivity contribution in [3.63, 3.8) is 0 Å². The van der Waals surface area contributed by atoms with Crippen LogP contribution in [0.15, 0.2) is 52.6 Å². The highest BCUT2D eigenvalue weighted by Gasteiger charge is 2.06. The van der Waals surface area contributed by atoms with Crippen LogP contribution in [-0.4, -0.2) is 11.2 Å². The second-order valence-corrected chi connectivity index (χ2v) is 4.94. The molecule has 0 saturated carbocycles. The molecule has 2 heterocycles. The summed E-state index contributed by atoms with van der Waals surface area (Å²) in [6, 6.07) is 0.351. The number of aliphatic imine (C=N–C) groups is 1. The summed E-state index contributed by atoms with van der Waals surface area (Å²) in [7, 11) is 0. The van der Waals surface area contributed by atoms with Gasteiger partial charge in [-0.2, -0.15) is 0 Å². The smallest absolute Gasteiger partial charge is 0.106 e. The van der Waals surface area contributed by atoms with Gasteiger partial charge >= 0.3 is 0 Å². The largest absolute Gasteiger partial charge is 0.385 e. The maximum Gasteiger partial charge on any atom is 0.106 e. The van der Waals surface area contributed by atoms with Crippen molar-refractivity contribution in [2.24, 2.45) is 4.99 Å². The number of halogens is 1. The van der Waals surface area contributed by atoms with Crippen molar-refractivity contribution in [2.45, 2.75) is 32.7 Å². The lowest BCUT2D eigenvalue weighted by Gasteiger charge is -2.17. The zero-order valence-electron chi connectivity index (χ0n) is 10.7. The molecule has 2 aliphatic rings. The summed E-state index contributed by atoms with van der Waals surface area (Å²) in [4.78, 5) is 4.31. The first-order chi connectivity index (χ1) is 8.63. The van der Waals surface area contributed by atoms with Gasteiger partial charge in [-0.15, -0.1) is 0 Å². The molecule has 3 nitrogen and oxygen atoms in total. The number of hydrogen-bond acceptors (Lipinski definition) is 3. The number of nitrogens with zero attached hydrogens (tertiary/aromatic N) is 1. The molecule has 2 N–H and O–H groups in total. The van der Waals surface area contributed by atoms with Crippen LogP contribution in [0.5, 0.6) is 0 Å². The van der Waals surface area contributed by atoms with Gasteiger partial charge in [-0.1, -0.05) is 17.7 Å². The van der Waals surface area contributed by atoms with Gasteiger partial charge in [0.25, 0.3) is 0 Å². The number of hydrogen-bond donors (Lipinski definition) is 2. The molecule has 2 aliphatic heterocycles. The summed E-state index contributed by atoms with van der Waals surface area (Å²) < 4.78 is 0. The van der Waals surface area contributed by atoms with Crippen LogP contribution in [0.3, 0.4) is 0 Å². The predicted molar refractivity (Wildman–Crippen MR) is 77.3 cm³/mol. The number of rotatable bonds is 2. The van der Waals surface area contributed by atoms with E-state index in [0.717, 1.165) is 29.9 Å². The molecular formula is C14H18ClN3. The van der Waals surface area contributed by atoms with Crippen LogP contribution in [0.1, 0.15) is 26.7 Å². The molecule has 0 aromatic rings. The second kappa shape index (κ2) is 5.91. The Bertz CT molecular complexity index is 469. The van der Waals surface area contributed by atoms with Crippen LogP contribution in [0, 0.1) is 0 Å². The highest BCUT2D eigenvalue weighted by molar-refractivity contribution is 6.65. The van der Waals surface area contributed by atoms with Crippen LogP contribution in [-0.2, 0) is 0 Å². The van der Waals surface area contributed by atoms with Crippen molar-refractivity contribution in [2.75, 3.05) is 0 Å². The molecule has 2 rings (SSSR count). The van der Waals surface area contributed by atoms with Gasteiger partial charge in [-0.3, -0.25) is 0 Å². The summed E-state index contributed by atoms with van der Waals surface area (Å²) in [6.07, 6.45) is 12.0. The zero-order chi connectivity index (χ0) is 13.0. The Morgan fingerprint density at radius 1 is 1.44 bits per heavy atom. The fourth-order valence-corrected chi connectivity index (χ4v) is 2.15. The minimum absolute atomic E-state index is 0.351. The Kier molecular flexibility index (Phi) is 4.26. The molecule has 0 radical (unpaired) electrons. The van der Waals surface area contributed by atoms with Crippen molar-refractivity contribution in [1.82, 2.24) is 10.6 Å². The van der Waals surface area contributed by atoms with Crippen molar-refractivity contribution in [1.29, 1.82) is 0 Å². The highest BCUT2D eigenvalue weighted by atomic mass is 35.5. The zero-order valence-corrected chi connectivity index (χ0v) is 11.5. The minimum Gasteiger partial charge on any atom is -0.385 e. The van der Waals surface area contributed by atoms with Gasteiger partial charge in [0, 0.05) is 29.6 Å². The molecule has 0 aromatic heterocycles. The third kappa shape index (κ3) is 3.77. The Hall–Kier alpha value is -1.48. The maximum absolute atomic E-state index is 5.98. The quantitative estimate of drug-likeness (QED) is 0.803. The van der Waals surface area contributed by atoms with Crippen LogP contribution in [0.2, 0.25) is 0 Å². The summed E-state index contributed by atoms with van der Waals surface area (Å²) in [6.45, 7) is 4.07. The van der Waals surface area contributed by atoms with Gasteiger partial charge in [-0.25, -0.2) is 4.99 Å². The Balaban J connectivity index is 2.11. The molecule has 0 fully saturated rings. The molecule has 1 unspecified atom stereocenters. The fraction of sp³-hybridized carbons (Fsp3) is 0.357. The average Bonchev–Trinajstić information content (AvgIpc) is 2.26. The Labute approximate surface area is 113 Å². The summed E-state index contributed by atoms with van der Waals surface area (Å²) in [5, 5.41) is 7.30. The molecule has 4 heteroatoms. The van der Waals surface area contributed by atoms with Gasteiger partial charge in [0.15, 0.2) is 0 Å². The third-order valence-electron chi connectivity index (χ3n) is 2.72. The topological polar surface area (TPSA) is 36.4 Å². The average molecular weight is 264 g/mol. The maximum atomic E-state index is 5.98. The molecule has 0 aromatic carbocycles. The lowest BCUT2D eigenvalue weighted by atomic mass is 10.2. The third-order valence-corrected chi connectivity index (χ3v) is 2.99. The van der Waals surface area contributed by atoms with E-state index in [4.69, 9.17) is 11.6 Å². The van der Waals surface area contributed by atoms with Crippen molar-refractivity contribution < 1.29 is 0 Å². The Morgan fingerprint density at radius 2 is 2.28 bits per heavy atom. The van der Waals surface area contributed by atoms with Crippen molar-refractivity contribution in [3.05, 3.63) is 47.6 Å². The number of dihydropyridines is 1. The molecule has 18 heavy (non-hydrogen) atoms. The van der Waals surface area contributed by atoms with Crippen LogP contribution in [0.4, 0.5) is 0 Å².